The average Bonchev–Trinajstić information content (AvgIpc) is 3.16. The van der Waals surface area contributed by atoms with Crippen LogP contribution in [-0.4, -0.2) is 28.6 Å². The van der Waals surface area contributed by atoms with Gasteiger partial charge in [0.15, 0.2) is 0 Å². The molecule has 21 heavy (non-hydrogen) atoms. The van der Waals surface area contributed by atoms with E-state index in [4.69, 9.17) is 0 Å². The lowest BCUT2D eigenvalue weighted by Crippen LogP contribution is -2.46. The number of nitrogens with one attached hydrogen (secondary N) is 1. The van der Waals surface area contributed by atoms with E-state index in [-0.39, 0.29) is 5.54 Å². The lowest BCUT2D eigenvalue weighted by Gasteiger charge is -2.38. The van der Waals surface area contributed by atoms with E-state index in [1.807, 2.05) is 0 Å². The number of hydrogen-bond donors (Lipinski definition) is 1. The maximum Gasteiger partial charge on any atom is 0.244 e. The SMILES string of the molecule is CCCC1CCC(N2C(=O)C3(CC3)NC2CC(C)C)CC1. The first-order chi connectivity index (χ1) is 10.1. The molecule has 0 radical (unpaired) electrons. The van der Waals surface area contributed by atoms with Crippen LogP contribution in [0.25, 0.3) is 0 Å². The molecule has 0 bridgehead atoms. The zero-order valence-corrected chi connectivity index (χ0v) is 14.0. The lowest BCUT2D eigenvalue weighted by molar-refractivity contribution is -0.134. The molecule has 1 unspecified atom stereocenters. The van der Waals surface area contributed by atoms with Gasteiger partial charge in [0.25, 0.3) is 0 Å². The summed E-state index contributed by atoms with van der Waals surface area (Å²) < 4.78 is 0. The number of rotatable bonds is 5. The Morgan fingerprint density at radius 2 is 1.90 bits per heavy atom. The van der Waals surface area contributed by atoms with Crippen LogP contribution < -0.4 is 5.32 Å². The normalized spacial score (nSPS) is 35.0. The summed E-state index contributed by atoms with van der Waals surface area (Å²) in [7, 11) is 0. The summed E-state index contributed by atoms with van der Waals surface area (Å²) in [6.45, 7) is 6.82. The van der Waals surface area contributed by atoms with Crippen LogP contribution in [0.15, 0.2) is 0 Å². The Bertz CT molecular complexity index is 381. The molecule has 1 saturated heterocycles. The van der Waals surface area contributed by atoms with E-state index in [1.54, 1.807) is 0 Å². The third-order valence-corrected chi connectivity index (χ3v) is 5.77. The summed E-state index contributed by atoms with van der Waals surface area (Å²) in [5.41, 5.74) is -0.139. The molecule has 0 aromatic rings. The van der Waals surface area contributed by atoms with Gasteiger partial charge < -0.3 is 4.90 Å². The minimum absolute atomic E-state index is 0.139. The molecule has 3 aliphatic rings. The molecule has 3 nitrogen and oxygen atoms in total. The van der Waals surface area contributed by atoms with Gasteiger partial charge in [-0.25, -0.2) is 0 Å². The molecule has 0 aromatic heterocycles. The van der Waals surface area contributed by atoms with Crippen molar-refractivity contribution in [3.8, 4) is 0 Å². The summed E-state index contributed by atoms with van der Waals surface area (Å²) in [6, 6.07) is 0.502. The van der Waals surface area contributed by atoms with E-state index >= 15 is 0 Å². The maximum absolute atomic E-state index is 12.9. The van der Waals surface area contributed by atoms with Crippen molar-refractivity contribution in [2.45, 2.75) is 96.3 Å². The smallest absolute Gasteiger partial charge is 0.244 e. The standard InChI is InChI=1S/C18H32N2O/c1-4-5-14-6-8-15(9-7-14)20-16(12-13(2)3)19-18(10-11-18)17(20)21/h13-16,19H,4-12H2,1-3H3. The van der Waals surface area contributed by atoms with Crippen molar-refractivity contribution in [3.63, 3.8) is 0 Å². The highest BCUT2D eigenvalue weighted by molar-refractivity contribution is 5.92. The van der Waals surface area contributed by atoms with Crippen molar-refractivity contribution in [1.29, 1.82) is 0 Å². The van der Waals surface area contributed by atoms with Crippen LogP contribution >= 0.6 is 0 Å². The molecular formula is C18H32N2O. The van der Waals surface area contributed by atoms with Crippen molar-refractivity contribution in [3.05, 3.63) is 0 Å². The first kappa shape index (κ1) is 15.3. The van der Waals surface area contributed by atoms with Gasteiger partial charge in [-0.15, -0.1) is 0 Å². The molecule has 0 aromatic carbocycles. The van der Waals surface area contributed by atoms with Crippen LogP contribution in [0.4, 0.5) is 0 Å². The Balaban J connectivity index is 1.65. The minimum Gasteiger partial charge on any atom is -0.323 e. The third-order valence-electron chi connectivity index (χ3n) is 5.77. The Labute approximate surface area is 129 Å². The van der Waals surface area contributed by atoms with E-state index in [9.17, 15) is 4.79 Å². The highest BCUT2D eigenvalue weighted by Gasteiger charge is 2.60. The van der Waals surface area contributed by atoms with E-state index in [0.29, 0.717) is 24.0 Å². The Morgan fingerprint density at radius 3 is 2.43 bits per heavy atom. The molecule has 2 aliphatic carbocycles. The molecule has 2 saturated carbocycles. The number of carbonyl (C=O) groups is 1. The van der Waals surface area contributed by atoms with E-state index in [1.165, 1.54) is 38.5 Å². The second kappa shape index (κ2) is 5.91. The van der Waals surface area contributed by atoms with Gasteiger partial charge in [0.1, 0.15) is 0 Å². The van der Waals surface area contributed by atoms with E-state index < -0.39 is 0 Å². The molecule has 1 atom stereocenters. The zero-order chi connectivity index (χ0) is 15.0. The van der Waals surface area contributed by atoms with Crippen LogP contribution in [0, 0.1) is 11.8 Å². The lowest BCUT2D eigenvalue weighted by atomic mass is 9.82. The maximum atomic E-state index is 12.9. The Hall–Kier alpha value is -0.570. The molecule has 1 amide bonds. The molecule has 1 N–H and O–H groups in total. The zero-order valence-electron chi connectivity index (χ0n) is 14.0. The van der Waals surface area contributed by atoms with E-state index in [0.717, 1.165) is 25.2 Å². The Morgan fingerprint density at radius 1 is 1.24 bits per heavy atom. The molecular weight excluding hydrogens is 260 g/mol. The highest BCUT2D eigenvalue weighted by Crippen LogP contribution is 2.45. The minimum atomic E-state index is -0.139. The second-order valence-electron chi connectivity index (χ2n) is 8.05. The van der Waals surface area contributed by atoms with Gasteiger partial charge in [0.2, 0.25) is 5.91 Å². The van der Waals surface area contributed by atoms with Crippen LogP contribution in [0.3, 0.4) is 0 Å². The summed E-state index contributed by atoms with van der Waals surface area (Å²) >= 11 is 0. The van der Waals surface area contributed by atoms with Crippen LogP contribution in [-0.2, 0) is 4.79 Å². The number of nitrogens with zero attached hydrogens (tertiary/aromatic N) is 1. The molecule has 120 valence electrons. The Kier molecular flexibility index (Phi) is 4.31. The predicted molar refractivity (Wildman–Crippen MR) is 85.8 cm³/mol. The van der Waals surface area contributed by atoms with Gasteiger partial charge >= 0.3 is 0 Å². The fourth-order valence-corrected chi connectivity index (χ4v) is 4.48. The largest absolute Gasteiger partial charge is 0.323 e. The average molecular weight is 292 g/mol. The molecule has 3 heteroatoms. The molecule has 3 fully saturated rings. The first-order valence-electron chi connectivity index (χ1n) is 9.16. The van der Waals surface area contributed by atoms with Gasteiger partial charge in [-0.3, -0.25) is 10.1 Å². The summed E-state index contributed by atoms with van der Waals surface area (Å²) in [5.74, 6) is 1.98. The van der Waals surface area contributed by atoms with Gasteiger partial charge in [-0.1, -0.05) is 33.6 Å². The van der Waals surface area contributed by atoms with E-state index in [2.05, 4.69) is 31.0 Å². The summed E-state index contributed by atoms with van der Waals surface area (Å²) in [4.78, 5) is 15.1. The van der Waals surface area contributed by atoms with Crippen LogP contribution in [0.1, 0.15) is 78.6 Å². The van der Waals surface area contributed by atoms with Crippen LogP contribution in [0.2, 0.25) is 0 Å². The quantitative estimate of drug-likeness (QED) is 0.838. The van der Waals surface area contributed by atoms with Crippen molar-refractivity contribution in [2.24, 2.45) is 11.8 Å². The van der Waals surface area contributed by atoms with Crippen LogP contribution in [0.5, 0.6) is 0 Å². The second-order valence-corrected chi connectivity index (χ2v) is 8.05. The highest BCUT2D eigenvalue weighted by atomic mass is 16.2. The van der Waals surface area contributed by atoms with Gasteiger partial charge in [0, 0.05) is 6.04 Å². The van der Waals surface area contributed by atoms with Crippen molar-refractivity contribution < 1.29 is 4.79 Å². The third kappa shape index (κ3) is 2.99. The first-order valence-corrected chi connectivity index (χ1v) is 9.16. The van der Waals surface area contributed by atoms with Crippen molar-refractivity contribution >= 4 is 5.91 Å². The van der Waals surface area contributed by atoms with Gasteiger partial charge in [-0.05, 0) is 56.8 Å². The number of amides is 1. The topological polar surface area (TPSA) is 32.3 Å². The molecule has 1 spiro atoms. The van der Waals surface area contributed by atoms with Gasteiger partial charge in [0.05, 0.1) is 11.7 Å². The fraction of sp³-hybridized carbons (Fsp3) is 0.944. The number of hydrogen-bond acceptors (Lipinski definition) is 2. The van der Waals surface area contributed by atoms with Crippen molar-refractivity contribution in [2.75, 3.05) is 0 Å². The summed E-state index contributed by atoms with van der Waals surface area (Å²) in [6.07, 6.45) is 11.3. The number of carbonyl (C=O) groups excluding carboxylic acids is 1. The molecule has 1 aliphatic heterocycles. The molecule has 3 rings (SSSR count). The predicted octanol–water partition coefficient (Wildman–Crippen LogP) is 3.68. The van der Waals surface area contributed by atoms with Crippen molar-refractivity contribution in [1.82, 2.24) is 10.2 Å². The fourth-order valence-electron chi connectivity index (χ4n) is 4.48. The summed E-state index contributed by atoms with van der Waals surface area (Å²) in [5, 5.41) is 3.68. The monoisotopic (exact) mass is 292 g/mol. The molecule has 1 heterocycles. The van der Waals surface area contributed by atoms with Gasteiger partial charge in [-0.2, -0.15) is 0 Å².